The van der Waals surface area contributed by atoms with Gasteiger partial charge in [0.1, 0.15) is 11.6 Å². The van der Waals surface area contributed by atoms with Gasteiger partial charge in [-0.3, -0.25) is 4.90 Å². The Balaban J connectivity index is 1.36. The van der Waals surface area contributed by atoms with Crippen molar-refractivity contribution in [1.82, 2.24) is 4.90 Å². The van der Waals surface area contributed by atoms with E-state index in [1.54, 1.807) is 12.1 Å². The van der Waals surface area contributed by atoms with E-state index in [2.05, 4.69) is 29.2 Å². The van der Waals surface area contributed by atoms with Crippen LogP contribution in [0, 0.1) is 5.82 Å². The minimum Gasteiger partial charge on any atom is -0.493 e. The number of hydrogen-bond acceptors (Lipinski definition) is 4. The topological polar surface area (TPSA) is 41.9 Å². The number of aliphatic hydroxyl groups is 1. The Hall–Kier alpha value is -1.95. The number of nitrogens with zero attached hydrogens (tertiary/aromatic N) is 1. The van der Waals surface area contributed by atoms with E-state index in [1.165, 1.54) is 17.7 Å². The van der Waals surface area contributed by atoms with E-state index in [1.807, 2.05) is 6.07 Å². The highest BCUT2D eigenvalue weighted by atomic mass is 19.1. The van der Waals surface area contributed by atoms with Crippen LogP contribution in [0.3, 0.4) is 0 Å². The Morgan fingerprint density at radius 2 is 1.70 bits per heavy atom. The average Bonchev–Trinajstić information content (AvgIpc) is 2.65. The molecule has 0 saturated carbocycles. The third-order valence-corrected chi connectivity index (χ3v) is 5.65. The van der Waals surface area contributed by atoms with Crippen LogP contribution in [0.5, 0.6) is 5.75 Å². The van der Waals surface area contributed by atoms with Crippen LogP contribution < -0.4 is 4.74 Å². The molecule has 2 heterocycles. The Morgan fingerprint density at radius 1 is 1.04 bits per heavy atom. The predicted molar refractivity (Wildman–Crippen MR) is 101 cm³/mol. The maximum Gasteiger partial charge on any atom is 0.123 e. The van der Waals surface area contributed by atoms with Crippen molar-refractivity contribution in [3.8, 4) is 5.75 Å². The van der Waals surface area contributed by atoms with Gasteiger partial charge >= 0.3 is 0 Å². The lowest BCUT2D eigenvalue weighted by molar-refractivity contribution is -0.150. The van der Waals surface area contributed by atoms with Gasteiger partial charge in [-0.1, -0.05) is 30.3 Å². The Kier molecular flexibility index (Phi) is 5.43. The predicted octanol–water partition coefficient (Wildman–Crippen LogP) is 3.39. The normalized spacial score (nSPS) is 28.1. The van der Waals surface area contributed by atoms with Crippen molar-refractivity contribution in [2.75, 3.05) is 19.8 Å². The summed E-state index contributed by atoms with van der Waals surface area (Å²) in [6.45, 7) is 2.62. The zero-order chi connectivity index (χ0) is 18.7. The maximum absolute atomic E-state index is 13.0. The Bertz CT molecular complexity index is 723. The molecule has 2 bridgehead atoms. The number of rotatable bonds is 6. The van der Waals surface area contributed by atoms with Crippen molar-refractivity contribution in [1.29, 1.82) is 0 Å². The van der Waals surface area contributed by atoms with E-state index in [-0.39, 0.29) is 17.9 Å². The van der Waals surface area contributed by atoms with Crippen LogP contribution in [0.4, 0.5) is 4.39 Å². The highest BCUT2D eigenvalue weighted by molar-refractivity contribution is 5.22. The molecule has 2 aliphatic heterocycles. The minimum absolute atomic E-state index is 0.216. The second-order valence-corrected chi connectivity index (χ2v) is 7.69. The second-order valence-electron chi connectivity index (χ2n) is 7.69. The molecule has 2 aromatic carbocycles. The number of halogens is 1. The minimum atomic E-state index is -0.744. The third-order valence-electron chi connectivity index (χ3n) is 5.65. The van der Waals surface area contributed by atoms with Gasteiger partial charge in [-0.15, -0.1) is 0 Å². The molecule has 2 aromatic rings. The number of fused-ring (bicyclic) bond motifs is 2. The highest BCUT2D eigenvalue weighted by Gasteiger charge is 2.45. The molecule has 2 fully saturated rings. The number of hydrogen-bond donors (Lipinski definition) is 1. The van der Waals surface area contributed by atoms with E-state index >= 15 is 0 Å². The summed E-state index contributed by atoms with van der Waals surface area (Å²) in [5.41, 5.74) is 0.547. The fourth-order valence-corrected chi connectivity index (χ4v) is 4.29. The van der Waals surface area contributed by atoms with Gasteiger partial charge in [0, 0.05) is 25.0 Å². The van der Waals surface area contributed by atoms with Crippen molar-refractivity contribution in [3.63, 3.8) is 0 Å². The van der Waals surface area contributed by atoms with Gasteiger partial charge < -0.3 is 14.6 Å². The molecule has 0 aliphatic carbocycles. The first kappa shape index (κ1) is 18.4. The summed E-state index contributed by atoms with van der Waals surface area (Å²) in [4.78, 5) is 2.48. The lowest BCUT2D eigenvalue weighted by Gasteiger charge is -2.51. The molecular formula is C22H26FNO3. The summed E-state index contributed by atoms with van der Waals surface area (Å²) in [5, 5.41) is 11.2. The summed E-state index contributed by atoms with van der Waals surface area (Å²) >= 11 is 0. The van der Waals surface area contributed by atoms with Gasteiger partial charge in [0.15, 0.2) is 0 Å². The molecule has 0 amide bonds. The maximum atomic E-state index is 13.0. The molecule has 0 aromatic heterocycles. The first-order valence-electron chi connectivity index (χ1n) is 9.59. The molecule has 4 nitrogen and oxygen atoms in total. The molecule has 144 valence electrons. The highest BCUT2D eigenvalue weighted by Crippen LogP contribution is 2.37. The van der Waals surface area contributed by atoms with Gasteiger partial charge in [0.25, 0.3) is 0 Å². The molecule has 2 unspecified atom stereocenters. The van der Waals surface area contributed by atoms with Crippen LogP contribution in [-0.2, 0) is 11.3 Å². The fraction of sp³-hybridized carbons (Fsp3) is 0.455. The Labute approximate surface area is 159 Å². The second kappa shape index (κ2) is 7.97. The lowest BCUT2D eigenvalue weighted by atomic mass is 9.79. The SMILES string of the molecule is OC1(CCOc2ccc(F)cc2)CC2COCC(C1)N2Cc1ccccc1. The summed E-state index contributed by atoms with van der Waals surface area (Å²) in [6.07, 6.45) is 1.93. The lowest BCUT2D eigenvalue weighted by Crippen LogP contribution is -2.61. The van der Waals surface area contributed by atoms with Crippen molar-refractivity contribution in [2.24, 2.45) is 0 Å². The molecule has 4 rings (SSSR count). The molecule has 2 saturated heterocycles. The first-order chi connectivity index (χ1) is 13.1. The van der Waals surface area contributed by atoms with E-state index in [9.17, 15) is 9.50 Å². The Morgan fingerprint density at radius 3 is 2.37 bits per heavy atom. The first-order valence-corrected chi connectivity index (χ1v) is 9.59. The molecule has 2 aliphatic rings. The molecule has 27 heavy (non-hydrogen) atoms. The fourth-order valence-electron chi connectivity index (χ4n) is 4.29. The number of piperidine rings is 1. The largest absolute Gasteiger partial charge is 0.493 e. The third kappa shape index (κ3) is 4.49. The van der Waals surface area contributed by atoms with Crippen LogP contribution in [-0.4, -0.2) is 47.5 Å². The zero-order valence-electron chi connectivity index (χ0n) is 15.4. The quantitative estimate of drug-likeness (QED) is 0.845. The monoisotopic (exact) mass is 371 g/mol. The van der Waals surface area contributed by atoms with Crippen molar-refractivity contribution in [3.05, 3.63) is 66.0 Å². The number of ether oxygens (including phenoxy) is 2. The average molecular weight is 371 g/mol. The van der Waals surface area contributed by atoms with Gasteiger partial charge in [0.05, 0.1) is 25.4 Å². The summed E-state index contributed by atoms with van der Waals surface area (Å²) in [5.74, 6) is 0.352. The summed E-state index contributed by atoms with van der Waals surface area (Å²) < 4.78 is 24.4. The van der Waals surface area contributed by atoms with Crippen LogP contribution in [0.1, 0.15) is 24.8 Å². The van der Waals surface area contributed by atoms with E-state index in [4.69, 9.17) is 9.47 Å². The van der Waals surface area contributed by atoms with Crippen LogP contribution in [0.15, 0.2) is 54.6 Å². The number of morpholine rings is 1. The van der Waals surface area contributed by atoms with Crippen LogP contribution in [0.25, 0.3) is 0 Å². The standard InChI is InChI=1S/C22H26FNO3/c23-18-6-8-21(9-7-18)27-11-10-22(25)12-19-15-26-16-20(13-22)24(19)14-17-4-2-1-3-5-17/h1-9,19-20,25H,10-16H2. The summed E-state index contributed by atoms with van der Waals surface area (Å²) in [7, 11) is 0. The van der Waals surface area contributed by atoms with Crippen molar-refractivity contribution in [2.45, 2.75) is 43.5 Å². The van der Waals surface area contributed by atoms with Crippen LogP contribution in [0.2, 0.25) is 0 Å². The zero-order valence-corrected chi connectivity index (χ0v) is 15.4. The smallest absolute Gasteiger partial charge is 0.123 e. The summed E-state index contributed by atoms with van der Waals surface area (Å²) in [6, 6.07) is 16.9. The van der Waals surface area contributed by atoms with E-state index in [0.29, 0.717) is 44.8 Å². The van der Waals surface area contributed by atoms with Gasteiger partial charge in [-0.2, -0.15) is 0 Å². The van der Waals surface area contributed by atoms with Gasteiger partial charge in [-0.25, -0.2) is 4.39 Å². The van der Waals surface area contributed by atoms with Crippen LogP contribution >= 0.6 is 0 Å². The van der Waals surface area contributed by atoms with Crippen molar-refractivity contribution < 1.29 is 19.0 Å². The van der Waals surface area contributed by atoms with Gasteiger partial charge in [-0.05, 0) is 42.7 Å². The molecule has 2 atom stereocenters. The molecule has 1 N–H and O–H groups in total. The van der Waals surface area contributed by atoms with E-state index < -0.39 is 5.60 Å². The molecule has 5 heteroatoms. The molecule has 0 radical (unpaired) electrons. The molecule has 0 spiro atoms. The number of benzene rings is 2. The van der Waals surface area contributed by atoms with Crippen molar-refractivity contribution >= 4 is 0 Å². The van der Waals surface area contributed by atoms with E-state index in [0.717, 1.165) is 6.54 Å². The molecular weight excluding hydrogens is 345 g/mol. The van der Waals surface area contributed by atoms with Gasteiger partial charge in [0.2, 0.25) is 0 Å².